The number of ether oxygens (including phenoxy) is 1. The molecule has 0 aliphatic carbocycles. The molecule has 1 aromatic rings. The number of phenolic OH excluding ortho intramolecular Hbond substituents is 1. The van der Waals surface area contributed by atoms with Gasteiger partial charge in [0, 0.05) is 25.9 Å². The Balaban J connectivity index is 2.17. The zero-order valence-electron chi connectivity index (χ0n) is 10.4. The highest BCUT2D eigenvalue weighted by Crippen LogP contribution is 2.22. The standard InChI is InChI=1S/C13H18N2O3/c1-18-10-3-2-6-15(8-10)13(17)11-7-9(16)4-5-12(11)14/h4-5,7,10,16H,2-3,6,8,14H2,1H3. The van der Waals surface area contributed by atoms with Crippen LogP contribution in [0.2, 0.25) is 0 Å². The van der Waals surface area contributed by atoms with Crippen molar-refractivity contribution in [3.63, 3.8) is 0 Å². The number of carbonyl (C=O) groups is 1. The first kappa shape index (κ1) is 12.7. The number of aromatic hydroxyl groups is 1. The zero-order valence-corrected chi connectivity index (χ0v) is 10.4. The van der Waals surface area contributed by atoms with Crippen LogP contribution in [0, 0.1) is 0 Å². The Hall–Kier alpha value is -1.75. The number of rotatable bonds is 2. The van der Waals surface area contributed by atoms with E-state index in [2.05, 4.69) is 0 Å². The zero-order chi connectivity index (χ0) is 13.1. The summed E-state index contributed by atoms with van der Waals surface area (Å²) in [4.78, 5) is 14.0. The number of piperidine rings is 1. The Kier molecular flexibility index (Phi) is 3.72. The molecule has 98 valence electrons. The van der Waals surface area contributed by atoms with Crippen LogP contribution in [0.1, 0.15) is 23.2 Å². The van der Waals surface area contributed by atoms with Crippen molar-refractivity contribution in [3.8, 4) is 5.75 Å². The van der Waals surface area contributed by atoms with Crippen LogP contribution in [0.3, 0.4) is 0 Å². The van der Waals surface area contributed by atoms with Gasteiger partial charge < -0.3 is 20.5 Å². The van der Waals surface area contributed by atoms with Crippen molar-refractivity contribution in [3.05, 3.63) is 23.8 Å². The molecule has 1 amide bonds. The Morgan fingerprint density at radius 1 is 1.56 bits per heavy atom. The SMILES string of the molecule is COC1CCCN(C(=O)c2cc(O)ccc2N)C1. The molecule has 1 saturated heterocycles. The first-order chi connectivity index (χ1) is 8.61. The summed E-state index contributed by atoms with van der Waals surface area (Å²) in [5, 5.41) is 9.43. The molecule has 1 aliphatic rings. The van der Waals surface area contributed by atoms with Crippen molar-refractivity contribution in [1.29, 1.82) is 0 Å². The third-order valence-electron chi connectivity index (χ3n) is 3.27. The first-order valence-corrected chi connectivity index (χ1v) is 6.02. The third-order valence-corrected chi connectivity index (χ3v) is 3.27. The fraction of sp³-hybridized carbons (Fsp3) is 0.462. The average Bonchev–Trinajstić information content (AvgIpc) is 2.41. The Morgan fingerprint density at radius 2 is 2.33 bits per heavy atom. The minimum atomic E-state index is -0.148. The van der Waals surface area contributed by atoms with Gasteiger partial charge in [-0.15, -0.1) is 0 Å². The third kappa shape index (κ3) is 2.56. The van der Waals surface area contributed by atoms with E-state index in [4.69, 9.17) is 10.5 Å². The fourth-order valence-corrected chi connectivity index (χ4v) is 2.21. The van der Waals surface area contributed by atoms with Crippen LogP contribution < -0.4 is 5.73 Å². The molecule has 3 N–H and O–H groups in total. The number of benzene rings is 1. The molecule has 5 nitrogen and oxygen atoms in total. The van der Waals surface area contributed by atoms with E-state index in [-0.39, 0.29) is 17.8 Å². The number of hydrogen-bond donors (Lipinski definition) is 2. The van der Waals surface area contributed by atoms with Gasteiger partial charge in [-0.25, -0.2) is 0 Å². The van der Waals surface area contributed by atoms with Gasteiger partial charge in [0.1, 0.15) is 5.75 Å². The second kappa shape index (κ2) is 5.27. The van der Waals surface area contributed by atoms with E-state index >= 15 is 0 Å². The van der Waals surface area contributed by atoms with Gasteiger partial charge in [0.15, 0.2) is 0 Å². The molecule has 0 saturated carbocycles. The van der Waals surface area contributed by atoms with Crippen molar-refractivity contribution in [2.75, 3.05) is 25.9 Å². The van der Waals surface area contributed by atoms with Gasteiger partial charge in [-0.1, -0.05) is 0 Å². The Morgan fingerprint density at radius 3 is 3.06 bits per heavy atom. The van der Waals surface area contributed by atoms with Crippen LogP contribution in [0.25, 0.3) is 0 Å². The quantitative estimate of drug-likeness (QED) is 0.611. The van der Waals surface area contributed by atoms with E-state index in [0.717, 1.165) is 12.8 Å². The molecule has 1 unspecified atom stereocenters. The molecule has 0 aromatic heterocycles. The Labute approximate surface area is 106 Å². The lowest BCUT2D eigenvalue weighted by Crippen LogP contribution is -2.43. The van der Waals surface area contributed by atoms with Crippen molar-refractivity contribution < 1.29 is 14.6 Å². The number of likely N-dealkylation sites (tertiary alicyclic amines) is 1. The second-order valence-corrected chi connectivity index (χ2v) is 4.52. The van der Waals surface area contributed by atoms with E-state index in [1.165, 1.54) is 12.1 Å². The normalized spacial score (nSPS) is 19.8. The minimum Gasteiger partial charge on any atom is -0.508 e. The summed E-state index contributed by atoms with van der Waals surface area (Å²) in [7, 11) is 1.65. The maximum Gasteiger partial charge on any atom is 0.256 e. The average molecular weight is 250 g/mol. The van der Waals surface area contributed by atoms with Crippen molar-refractivity contribution >= 4 is 11.6 Å². The van der Waals surface area contributed by atoms with Crippen LogP contribution >= 0.6 is 0 Å². The highest BCUT2D eigenvalue weighted by atomic mass is 16.5. The predicted molar refractivity (Wildman–Crippen MR) is 68.5 cm³/mol. The predicted octanol–water partition coefficient (Wildman–Crippen LogP) is 1.23. The molecule has 1 aromatic carbocycles. The minimum absolute atomic E-state index is 0.0489. The summed E-state index contributed by atoms with van der Waals surface area (Å²) < 4.78 is 5.29. The van der Waals surface area contributed by atoms with Gasteiger partial charge in [-0.2, -0.15) is 0 Å². The van der Waals surface area contributed by atoms with Gasteiger partial charge in [0.25, 0.3) is 5.91 Å². The van der Waals surface area contributed by atoms with Crippen molar-refractivity contribution in [1.82, 2.24) is 4.90 Å². The smallest absolute Gasteiger partial charge is 0.256 e. The molecule has 0 bridgehead atoms. The number of nitrogens with two attached hydrogens (primary N) is 1. The van der Waals surface area contributed by atoms with Gasteiger partial charge in [0.2, 0.25) is 0 Å². The van der Waals surface area contributed by atoms with Crippen LogP contribution in [0.5, 0.6) is 5.75 Å². The van der Waals surface area contributed by atoms with Gasteiger partial charge in [0.05, 0.1) is 11.7 Å². The number of methoxy groups -OCH3 is 1. The number of amides is 1. The van der Waals surface area contributed by atoms with Crippen molar-refractivity contribution in [2.45, 2.75) is 18.9 Å². The first-order valence-electron chi connectivity index (χ1n) is 6.02. The van der Waals surface area contributed by atoms with Crippen LogP contribution in [0.15, 0.2) is 18.2 Å². The summed E-state index contributed by atoms with van der Waals surface area (Å²) in [5.41, 5.74) is 6.51. The monoisotopic (exact) mass is 250 g/mol. The number of carbonyl (C=O) groups excluding carboxylic acids is 1. The van der Waals surface area contributed by atoms with Crippen molar-refractivity contribution in [2.24, 2.45) is 0 Å². The molecule has 0 spiro atoms. The largest absolute Gasteiger partial charge is 0.508 e. The molecular formula is C13H18N2O3. The lowest BCUT2D eigenvalue weighted by atomic mass is 10.1. The Bertz CT molecular complexity index is 448. The summed E-state index contributed by atoms with van der Waals surface area (Å²) in [6.07, 6.45) is 1.97. The molecule has 1 aliphatic heterocycles. The van der Waals surface area contributed by atoms with Crippen LogP contribution in [0.4, 0.5) is 5.69 Å². The molecule has 1 atom stereocenters. The van der Waals surface area contributed by atoms with E-state index < -0.39 is 0 Å². The second-order valence-electron chi connectivity index (χ2n) is 4.52. The topological polar surface area (TPSA) is 75.8 Å². The molecule has 18 heavy (non-hydrogen) atoms. The van der Waals surface area contributed by atoms with E-state index in [1.54, 1.807) is 18.1 Å². The van der Waals surface area contributed by atoms with Gasteiger partial charge >= 0.3 is 0 Å². The maximum absolute atomic E-state index is 12.3. The number of nitrogens with zero attached hydrogens (tertiary/aromatic N) is 1. The van der Waals surface area contributed by atoms with Gasteiger partial charge in [-0.05, 0) is 31.0 Å². The highest BCUT2D eigenvalue weighted by Gasteiger charge is 2.25. The lowest BCUT2D eigenvalue weighted by Gasteiger charge is -2.32. The number of phenols is 1. The highest BCUT2D eigenvalue weighted by molar-refractivity contribution is 5.99. The summed E-state index contributed by atoms with van der Waals surface area (Å²) in [6, 6.07) is 4.43. The van der Waals surface area contributed by atoms with E-state index in [0.29, 0.717) is 24.3 Å². The molecule has 2 rings (SSSR count). The summed E-state index contributed by atoms with van der Waals surface area (Å²) >= 11 is 0. The molecule has 5 heteroatoms. The van der Waals surface area contributed by atoms with E-state index in [1.807, 2.05) is 0 Å². The number of hydrogen-bond acceptors (Lipinski definition) is 4. The maximum atomic E-state index is 12.3. The summed E-state index contributed by atoms with van der Waals surface area (Å²) in [6.45, 7) is 1.28. The fourth-order valence-electron chi connectivity index (χ4n) is 2.21. The van der Waals surface area contributed by atoms with E-state index in [9.17, 15) is 9.90 Å². The summed E-state index contributed by atoms with van der Waals surface area (Å²) in [5.74, 6) is -0.0991. The number of anilines is 1. The van der Waals surface area contributed by atoms with Crippen LogP contribution in [-0.4, -0.2) is 42.2 Å². The number of nitrogen functional groups attached to an aromatic ring is 1. The lowest BCUT2D eigenvalue weighted by molar-refractivity contribution is 0.0269. The molecule has 1 fully saturated rings. The van der Waals surface area contributed by atoms with Gasteiger partial charge in [-0.3, -0.25) is 4.79 Å². The molecule has 1 heterocycles. The molecule has 0 radical (unpaired) electrons. The molecular weight excluding hydrogens is 232 g/mol. The van der Waals surface area contributed by atoms with Crippen LogP contribution in [-0.2, 0) is 4.74 Å².